The number of rotatable bonds is 2. The van der Waals surface area contributed by atoms with E-state index in [1.165, 1.54) is 37.7 Å². The highest BCUT2D eigenvalue weighted by atomic mass is 35.5. The first-order valence-electron chi connectivity index (χ1n) is 5.70. The molecule has 1 aromatic carbocycles. The number of hydrogen-bond acceptors (Lipinski definition) is 1. The predicted octanol–water partition coefficient (Wildman–Crippen LogP) is 3.88. The van der Waals surface area contributed by atoms with E-state index >= 15 is 0 Å². The molecule has 1 saturated carbocycles. The van der Waals surface area contributed by atoms with Gasteiger partial charge in [0.2, 0.25) is 0 Å². The summed E-state index contributed by atoms with van der Waals surface area (Å²) in [6.45, 7) is 0.0741. The lowest BCUT2D eigenvalue weighted by Crippen LogP contribution is -2.05. The van der Waals surface area contributed by atoms with Crippen LogP contribution in [0.5, 0.6) is 0 Å². The molecule has 2 rings (SSSR count). The van der Waals surface area contributed by atoms with Crippen molar-refractivity contribution in [2.45, 2.75) is 44.6 Å². The molecule has 0 amide bonds. The van der Waals surface area contributed by atoms with Gasteiger partial charge in [0, 0.05) is 5.02 Å². The summed E-state index contributed by atoms with van der Waals surface area (Å²) in [4.78, 5) is 0. The van der Waals surface area contributed by atoms with Gasteiger partial charge >= 0.3 is 0 Å². The smallest absolute Gasteiger partial charge is 0.0682 e. The van der Waals surface area contributed by atoms with Crippen LogP contribution in [-0.4, -0.2) is 5.11 Å². The van der Waals surface area contributed by atoms with Crippen LogP contribution in [0.15, 0.2) is 18.2 Å². The molecule has 0 unspecified atom stereocenters. The standard InChI is InChI=1S/C13H17ClO/c14-13-8-10(9-15)6-7-12(13)11-4-2-1-3-5-11/h6-8,11,15H,1-5,9H2. The Labute approximate surface area is 96.1 Å². The van der Waals surface area contributed by atoms with Gasteiger partial charge in [-0.2, -0.15) is 0 Å². The van der Waals surface area contributed by atoms with Crippen LogP contribution in [0, 0.1) is 0 Å². The van der Waals surface area contributed by atoms with E-state index < -0.39 is 0 Å². The highest BCUT2D eigenvalue weighted by Crippen LogP contribution is 2.36. The van der Waals surface area contributed by atoms with Gasteiger partial charge in [-0.05, 0) is 36.0 Å². The van der Waals surface area contributed by atoms with E-state index in [9.17, 15) is 0 Å². The highest BCUT2D eigenvalue weighted by molar-refractivity contribution is 6.31. The van der Waals surface area contributed by atoms with Crippen LogP contribution in [0.3, 0.4) is 0 Å². The van der Waals surface area contributed by atoms with Crippen LogP contribution in [0.4, 0.5) is 0 Å². The van der Waals surface area contributed by atoms with Gasteiger partial charge in [0.15, 0.2) is 0 Å². The molecule has 1 aliphatic rings. The first-order valence-corrected chi connectivity index (χ1v) is 6.08. The van der Waals surface area contributed by atoms with Crippen LogP contribution in [0.1, 0.15) is 49.1 Å². The fourth-order valence-electron chi connectivity index (χ4n) is 2.41. The minimum atomic E-state index is 0.0741. The van der Waals surface area contributed by atoms with Gasteiger partial charge in [0.25, 0.3) is 0 Å². The summed E-state index contributed by atoms with van der Waals surface area (Å²) in [6, 6.07) is 5.96. The van der Waals surface area contributed by atoms with Gasteiger partial charge < -0.3 is 5.11 Å². The summed E-state index contributed by atoms with van der Waals surface area (Å²) in [5.74, 6) is 0.638. The minimum absolute atomic E-state index is 0.0741. The minimum Gasteiger partial charge on any atom is -0.392 e. The molecular weight excluding hydrogens is 208 g/mol. The molecule has 1 aromatic rings. The first-order chi connectivity index (χ1) is 7.31. The zero-order valence-corrected chi connectivity index (χ0v) is 9.63. The van der Waals surface area contributed by atoms with Crippen molar-refractivity contribution in [2.24, 2.45) is 0 Å². The van der Waals surface area contributed by atoms with Crippen molar-refractivity contribution < 1.29 is 5.11 Å². The highest BCUT2D eigenvalue weighted by Gasteiger charge is 2.17. The molecule has 1 aliphatic carbocycles. The maximum absolute atomic E-state index is 9.00. The number of halogens is 1. The summed E-state index contributed by atoms with van der Waals surface area (Å²) < 4.78 is 0. The second-order valence-electron chi connectivity index (χ2n) is 4.35. The zero-order valence-electron chi connectivity index (χ0n) is 8.88. The van der Waals surface area contributed by atoms with Crippen molar-refractivity contribution in [2.75, 3.05) is 0 Å². The van der Waals surface area contributed by atoms with E-state index in [-0.39, 0.29) is 6.61 Å². The second kappa shape index (κ2) is 5.00. The summed E-state index contributed by atoms with van der Waals surface area (Å²) >= 11 is 6.23. The number of aliphatic hydroxyl groups is 1. The van der Waals surface area contributed by atoms with Crippen molar-refractivity contribution >= 4 is 11.6 Å². The van der Waals surface area contributed by atoms with Crippen LogP contribution in [0.2, 0.25) is 5.02 Å². The third-order valence-electron chi connectivity index (χ3n) is 3.29. The largest absolute Gasteiger partial charge is 0.392 e. The van der Waals surface area contributed by atoms with Crippen LogP contribution in [0.25, 0.3) is 0 Å². The third kappa shape index (κ3) is 2.53. The molecule has 0 saturated heterocycles. The van der Waals surface area contributed by atoms with E-state index in [2.05, 4.69) is 6.07 Å². The molecule has 15 heavy (non-hydrogen) atoms. The van der Waals surface area contributed by atoms with Crippen molar-refractivity contribution in [3.63, 3.8) is 0 Å². The normalized spacial score (nSPS) is 18.0. The molecule has 0 spiro atoms. The fourth-order valence-corrected chi connectivity index (χ4v) is 2.77. The summed E-state index contributed by atoms with van der Waals surface area (Å²) in [5.41, 5.74) is 2.17. The van der Waals surface area contributed by atoms with Gasteiger partial charge in [-0.15, -0.1) is 0 Å². The molecule has 0 bridgehead atoms. The summed E-state index contributed by atoms with van der Waals surface area (Å²) in [5, 5.41) is 9.83. The molecule has 0 aromatic heterocycles. The number of benzene rings is 1. The van der Waals surface area contributed by atoms with E-state index in [1.54, 1.807) is 0 Å². The van der Waals surface area contributed by atoms with Crippen molar-refractivity contribution in [3.8, 4) is 0 Å². The second-order valence-corrected chi connectivity index (χ2v) is 4.76. The molecule has 1 nitrogen and oxygen atoms in total. The zero-order chi connectivity index (χ0) is 10.7. The molecule has 1 N–H and O–H groups in total. The number of hydrogen-bond donors (Lipinski definition) is 1. The van der Waals surface area contributed by atoms with Crippen LogP contribution >= 0.6 is 11.6 Å². The molecule has 0 heterocycles. The van der Waals surface area contributed by atoms with Crippen molar-refractivity contribution in [3.05, 3.63) is 34.3 Å². The Morgan fingerprint density at radius 1 is 1.20 bits per heavy atom. The maximum Gasteiger partial charge on any atom is 0.0682 e. The fraction of sp³-hybridized carbons (Fsp3) is 0.538. The van der Waals surface area contributed by atoms with Gasteiger partial charge in [0.1, 0.15) is 0 Å². The lowest BCUT2D eigenvalue weighted by molar-refractivity contribution is 0.282. The Morgan fingerprint density at radius 2 is 1.93 bits per heavy atom. The molecule has 0 aliphatic heterocycles. The lowest BCUT2D eigenvalue weighted by Gasteiger charge is -2.23. The Bertz CT molecular complexity index is 329. The molecule has 0 radical (unpaired) electrons. The average Bonchev–Trinajstić information content (AvgIpc) is 2.30. The predicted molar refractivity (Wildman–Crippen MR) is 63.2 cm³/mol. The Morgan fingerprint density at radius 3 is 2.53 bits per heavy atom. The number of aliphatic hydroxyl groups excluding tert-OH is 1. The van der Waals surface area contributed by atoms with Crippen LogP contribution in [-0.2, 0) is 6.61 Å². The van der Waals surface area contributed by atoms with Gasteiger partial charge in [-0.1, -0.05) is 43.0 Å². The summed E-state index contributed by atoms with van der Waals surface area (Å²) in [7, 11) is 0. The third-order valence-corrected chi connectivity index (χ3v) is 3.62. The van der Waals surface area contributed by atoms with Gasteiger partial charge in [0.05, 0.1) is 6.61 Å². The molecule has 0 atom stereocenters. The topological polar surface area (TPSA) is 20.2 Å². The Hall–Kier alpha value is -0.530. The molecule has 82 valence electrons. The first kappa shape index (κ1) is 11.0. The van der Waals surface area contributed by atoms with Crippen molar-refractivity contribution in [1.29, 1.82) is 0 Å². The maximum atomic E-state index is 9.00. The van der Waals surface area contributed by atoms with E-state index in [4.69, 9.17) is 16.7 Å². The SMILES string of the molecule is OCc1ccc(C2CCCCC2)c(Cl)c1. The average molecular weight is 225 g/mol. The quantitative estimate of drug-likeness (QED) is 0.809. The van der Waals surface area contributed by atoms with Crippen LogP contribution < -0.4 is 0 Å². The van der Waals surface area contributed by atoms with E-state index in [0.717, 1.165) is 10.6 Å². The van der Waals surface area contributed by atoms with E-state index in [1.807, 2.05) is 12.1 Å². The van der Waals surface area contributed by atoms with Gasteiger partial charge in [-0.25, -0.2) is 0 Å². The molecular formula is C13H17ClO. The van der Waals surface area contributed by atoms with E-state index in [0.29, 0.717) is 5.92 Å². The Balaban J connectivity index is 2.19. The lowest BCUT2D eigenvalue weighted by atomic mass is 9.84. The molecule has 2 heteroatoms. The Kier molecular flexibility index (Phi) is 3.66. The summed E-state index contributed by atoms with van der Waals surface area (Å²) in [6.07, 6.45) is 6.53. The monoisotopic (exact) mass is 224 g/mol. The molecule has 1 fully saturated rings. The van der Waals surface area contributed by atoms with Gasteiger partial charge in [-0.3, -0.25) is 0 Å². The van der Waals surface area contributed by atoms with Crippen molar-refractivity contribution in [1.82, 2.24) is 0 Å².